The summed E-state index contributed by atoms with van der Waals surface area (Å²) in [7, 11) is -2.38. The first kappa shape index (κ1) is 24.3. The number of piperazine rings is 1. The number of benzene rings is 2. The van der Waals surface area contributed by atoms with Gasteiger partial charge in [-0.25, -0.2) is 8.42 Å². The van der Waals surface area contributed by atoms with Gasteiger partial charge >= 0.3 is 0 Å². The molecular weight excluding hydrogens is 492 g/mol. The van der Waals surface area contributed by atoms with Crippen LogP contribution in [0.3, 0.4) is 0 Å². The van der Waals surface area contributed by atoms with Crippen LogP contribution in [0.1, 0.15) is 12.8 Å². The molecule has 37 heavy (non-hydrogen) atoms. The minimum Gasteiger partial charge on any atom is -0.380 e. The third-order valence-electron chi connectivity index (χ3n) is 7.81. The monoisotopic (exact) mass is 522 g/mol. The molecule has 0 radical (unpaired) electrons. The van der Waals surface area contributed by atoms with E-state index in [1.54, 1.807) is 42.6 Å². The lowest BCUT2D eigenvalue weighted by Crippen LogP contribution is -2.65. The molecule has 0 aliphatic carbocycles. The summed E-state index contributed by atoms with van der Waals surface area (Å²) in [5.41, 5.74) is -0.594. The number of aromatic nitrogens is 1. The topological polar surface area (TPSA) is 92.3 Å². The Bertz CT molecular complexity index is 1420. The van der Waals surface area contributed by atoms with Gasteiger partial charge in [0, 0.05) is 38.3 Å². The number of rotatable bonds is 5. The van der Waals surface area contributed by atoms with Crippen molar-refractivity contribution in [2.75, 3.05) is 51.3 Å². The van der Waals surface area contributed by atoms with E-state index in [0.29, 0.717) is 6.54 Å². The number of pyridine rings is 1. The molecule has 3 aliphatic heterocycles. The van der Waals surface area contributed by atoms with Crippen LogP contribution in [0.15, 0.2) is 71.9 Å². The molecule has 3 aliphatic rings. The Balaban J connectivity index is 1.27. The lowest BCUT2D eigenvalue weighted by atomic mass is 9.91. The zero-order valence-corrected chi connectivity index (χ0v) is 21.6. The van der Waals surface area contributed by atoms with Gasteiger partial charge in [-0.2, -0.15) is 4.31 Å². The summed E-state index contributed by atoms with van der Waals surface area (Å²) >= 11 is 0. The predicted octanol–water partition coefficient (Wildman–Crippen LogP) is 2.48. The number of hydrogen-bond acceptors (Lipinski definition) is 7. The molecule has 2 aromatic carbocycles. The number of hydrogen-bond donors (Lipinski definition) is 0. The third-order valence-corrected chi connectivity index (χ3v) is 9.60. The average Bonchev–Trinajstić information content (AvgIpc) is 3.23. The highest BCUT2D eigenvalue weighted by Gasteiger charge is 2.60. The van der Waals surface area contributed by atoms with Crippen LogP contribution in [0.25, 0.3) is 10.8 Å². The highest BCUT2D eigenvalue weighted by molar-refractivity contribution is 7.89. The van der Waals surface area contributed by atoms with Gasteiger partial charge in [0.15, 0.2) is 5.72 Å². The molecule has 10 heteroatoms. The minimum atomic E-state index is -3.93. The molecule has 9 nitrogen and oxygen atoms in total. The summed E-state index contributed by atoms with van der Waals surface area (Å²) in [6.45, 7) is 1.88. The average molecular weight is 523 g/mol. The Morgan fingerprint density at radius 3 is 2.46 bits per heavy atom. The Morgan fingerprint density at radius 2 is 1.73 bits per heavy atom. The molecule has 3 aromatic rings. The van der Waals surface area contributed by atoms with Gasteiger partial charge in [0.1, 0.15) is 0 Å². The number of ether oxygens (including phenoxy) is 2. The van der Waals surface area contributed by atoms with Gasteiger partial charge in [0.2, 0.25) is 15.9 Å². The lowest BCUT2D eigenvalue weighted by molar-refractivity contribution is -0.194. The van der Waals surface area contributed by atoms with E-state index < -0.39 is 21.3 Å². The number of fused-ring (bicyclic) bond motifs is 2. The summed E-state index contributed by atoms with van der Waals surface area (Å²) in [5.74, 6) is -0.263. The van der Waals surface area contributed by atoms with Gasteiger partial charge in [0.05, 0.1) is 36.7 Å². The Morgan fingerprint density at radius 1 is 1.00 bits per heavy atom. The zero-order chi connectivity index (χ0) is 25.7. The molecule has 1 atom stereocenters. The molecule has 3 saturated heterocycles. The van der Waals surface area contributed by atoms with Crippen LogP contribution >= 0.6 is 0 Å². The van der Waals surface area contributed by atoms with Crippen LogP contribution in [-0.4, -0.2) is 86.3 Å². The summed E-state index contributed by atoms with van der Waals surface area (Å²) in [6, 6.07) is 16.6. The van der Waals surface area contributed by atoms with Crippen molar-refractivity contribution in [3.8, 4) is 0 Å². The smallest absolute Gasteiger partial charge is 0.243 e. The fourth-order valence-electron chi connectivity index (χ4n) is 5.94. The second-order valence-corrected chi connectivity index (χ2v) is 12.1. The highest BCUT2D eigenvalue weighted by Crippen LogP contribution is 2.44. The molecule has 1 amide bonds. The van der Waals surface area contributed by atoms with Crippen LogP contribution in [0.4, 0.5) is 5.69 Å². The van der Waals surface area contributed by atoms with E-state index in [9.17, 15) is 13.2 Å². The maximum absolute atomic E-state index is 13.7. The number of carbonyl (C=O) groups is 1. The zero-order valence-electron chi connectivity index (χ0n) is 20.7. The van der Waals surface area contributed by atoms with Crippen LogP contribution in [0.2, 0.25) is 0 Å². The molecular formula is C27H30N4O5S. The van der Waals surface area contributed by atoms with E-state index >= 15 is 0 Å². The summed E-state index contributed by atoms with van der Waals surface area (Å²) in [5, 5.41) is 1.79. The summed E-state index contributed by atoms with van der Waals surface area (Å²) < 4.78 is 41.0. The molecule has 4 heterocycles. The lowest BCUT2D eigenvalue weighted by Gasteiger charge is -2.44. The Labute approximate surface area is 216 Å². The number of anilines is 1. The maximum Gasteiger partial charge on any atom is 0.243 e. The molecule has 1 aromatic heterocycles. The second kappa shape index (κ2) is 9.05. The van der Waals surface area contributed by atoms with Crippen LogP contribution in [0.5, 0.6) is 0 Å². The first-order valence-corrected chi connectivity index (χ1v) is 13.9. The van der Waals surface area contributed by atoms with Crippen molar-refractivity contribution in [3.05, 3.63) is 67.0 Å². The fraction of sp³-hybridized carbons (Fsp3) is 0.407. The molecule has 0 saturated carbocycles. The summed E-state index contributed by atoms with van der Waals surface area (Å²) in [6.07, 6.45) is 5.01. The molecule has 1 unspecified atom stereocenters. The van der Waals surface area contributed by atoms with Gasteiger partial charge in [0.25, 0.3) is 0 Å². The molecule has 1 spiro atoms. The first-order chi connectivity index (χ1) is 17.8. The van der Waals surface area contributed by atoms with E-state index in [1.165, 1.54) is 4.31 Å². The molecule has 6 rings (SSSR count). The van der Waals surface area contributed by atoms with Crippen molar-refractivity contribution in [1.29, 1.82) is 0 Å². The molecule has 0 bridgehead atoms. The quantitative estimate of drug-likeness (QED) is 0.508. The van der Waals surface area contributed by atoms with Crippen molar-refractivity contribution in [2.24, 2.45) is 0 Å². The van der Waals surface area contributed by atoms with Gasteiger partial charge in [-0.05, 0) is 47.9 Å². The third kappa shape index (κ3) is 4.17. The van der Waals surface area contributed by atoms with Crippen LogP contribution in [-0.2, 0) is 24.3 Å². The number of amides is 1. The number of nitrogens with zero attached hydrogens (tertiary/aromatic N) is 4. The SMILES string of the molecule is COCC12CN(S(=O)(=O)c3ccc4ccccc4c3)CC(=O)N1CC1(CCN(c3ccncc3)CC1)O2. The van der Waals surface area contributed by atoms with Gasteiger partial charge in [-0.3, -0.25) is 9.78 Å². The van der Waals surface area contributed by atoms with Crippen LogP contribution in [0, 0.1) is 0 Å². The van der Waals surface area contributed by atoms with Crippen LogP contribution < -0.4 is 4.90 Å². The predicted molar refractivity (Wildman–Crippen MR) is 139 cm³/mol. The molecule has 3 fully saturated rings. The minimum absolute atomic E-state index is 0.0254. The second-order valence-electron chi connectivity index (χ2n) is 10.1. The van der Waals surface area contributed by atoms with E-state index in [2.05, 4.69) is 9.88 Å². The standard InChI is InChI=1S/C27H30N4O5S/c1-35-20-27-19-30(37(33,34)24-7-6-21-4-2-3-5-22(21)16-24)17-25(32)31(27)18-26(36-27)10-14-29(15-11-26)23-8-12-28-13-9-23/h2-9,12-13,16H,10-11,14-15,17-20H2,1H3. The fourth-order valence-corrected chi connectivity index (χ4v) is 7.40. The largest absolute Gasteiger partial charge is 0.380 e. The number of sulfonamides is 1. The van der Waals surface area contributed by atoms with Gasteiger partial charge in [-0.1, -0.05) is 30.3 Å². The number of piperidine rings is 1. The van der Waals surface area contributed by atoms with Gasteiger partial charge < -0.3 is 19.3 Å². The Kier molecular flexibility index (Phi) is 5.95. The van der Waals surface area contributed by atoms with Crippen molar-refractivity contribution in [2.45, 2.75) is 29.1 Å². The van der Waals surface area contributed by atoms with E-state index in [-0.39, 0.29) is 30.5 Å². The van der Waals surface area contributed by atoms with Crippen molar-refractivity contribution in [1.82, 2.24) is 14.2 Å². The van der Waals surface area contributed by atoms with Crippen molar-refractivity contribution in [3.63, 3.8) is 0 Å². The van der Waals surface area contributed by atoms with E-state index in [4.69, 9.17) is 9.47 Å². The number of methoxy groups -OCH3 is 1. The normalized spacial score (nSPS) is 24.1. The van der Waals surface area contributed by atoms with Gasteiger partial charge in [-0.15, -0.1) is 0 Å². The Hall–Kier alpha value is -3.05. The van der Waals surface area contributed by atoms with Crippen molar-refractivity contribution >= 4 is 32.4 Å². The molecule has 194 valence electrons. The molecule has 0 N–H and O–H groups in total. The maximum atomic E-state index is 13.7. The highest BCUT2D eigenvalue weighted by atomic mass is 32.2. The van der Waals surface area contributed by atoms with E-state index in [1.807, 2.05) is 36.4 Å². The van der Waals surface area contributed by atoms with Crippen molar-refractivity contribution < 1.29 is 22.7 Å². The summed E-state index contributed by atoms with van der Waals surface area (Å²) in [4.78, 5) is 21.7. The number of carbonyl (C=O) groups excluding carboxylic acids is 1. The van der Waals surface area contributed by atoms with E-state index in [0.717, 1.165) is 42.4 Å². The first-order valence-electron chi connectivity index (χ1n) is 12.5.